The second kappa shape index (κ2) is 8.75. The van der Waals surface area contributed by atoms with E-state index >= 15 is 0 Å². The maximum absolute atomic E-state index is 12.7. The Morgan fingerprint density at radius 3 is 2.58 bits per heavy atom. The first-order chi connectivity index (χ1) is 15.6. The molecule has 1 aromatic carbocycles. The van der Waals surface area contributed by atoms with E-state index in [1.807, 2.05) is 35.8 Å². The summed E-state index contributed by atoms with van der Waals surface area (Å²) in [6.07, 6.45) is -0.238. The number of rotatable bonds is 7. The quantitative estimate of drug-likeness (QED) is 0.406. The molecule has 0 fully saturated rings. The summed E-state index contributed by atoms with van der Waals surface area (Å²) in [5.41, 5.74) is 1.95. The van der Waals surface area contributed by atoms with Gasteiger partial charge >= 0.3 is 5.97 Å². The summed E-state index contributed by atoms with van der Waals surface area (Å²) < 4.78 is 46.1. The topological polar surface area (TPSA) is 140 Å². The van der Waals surface area contributed by atoms with Crippen molar-refractivity contribution in [2.24, 2.45) is 5.14 Å². The zero-order valence-electron chi connectivity index (χ0n) is 17.9. The second-order valence-corrected chi connectivity index (χ2v) is 9.05. The van der Waals surface area contributed by atoms with Crippen LogP contribution in [0.4, 0.5) is 0 Å². The predicted molar refractivity (Wildman–Crippen MR) is 115 cm³/mol. The second-order valence-electron chi connectivity index (χ2n) is 7.56. The minimum atomic E-state index is -4.09. The number of Topliss-reactive ketones (excluding diaryl/α,β-unsaturated/α-hetero) is 1. The molecular weight excluding hydrogens is 452 g/mol. The fraction of sp³-hybridized carbons (Fsp3) is 0.273. The first-order valence-corrected chi connectivity index (χ1v) is 11.6. The Labute approximate surface area is 189 Å². The van der Waals surface area contributed by atoms with Gasteiger partial charge in [-0.3, -0.25) is 4.79 Å². The number of carbonyl (C=O) groups is 2. The number of aromatic nitrogens is 1. The summed E-state index contributed by atoms with van der Waals surface area (Å²) in [5, 5.41) is 4.38. The van der Waals surface area contributed by atoms with Gasteiger partial charge in [0.25, 0.3) is 10.0 Å². The number of furan rings is 1. The number of sulfonamides is 1. The molecule has 0 amide bonds. The Bertz CT molecular complexity index is 1320. The van der Waals surface area contributed by atoms with E-state index < -0.39 is 33.5 Å². The number of carbonyl (C=O) groups excluding carboxylic acids is 2. The Morgan fingerprint density at radius 1 is 1.15 bits per heavy atom. The molecule has 2 aromatic heterocycles. The lowest BCUT2D eigenvalue weighted by molar-refractivity contribution is 0.0438. The van der Waals surface area contributed by atoms with Crippen LogP contribution in [0.2, 0.25) is 0 Å². The zero-order chi connectivity index (χ0) is 23.8. The van der Waals surface area contributed by atoms with Crippen LogP contribution in [0.3, 0.4) is 0 Å². The average Bonchev–Trinajstić information content (AvgIpc) is 3.39. The molecule has 10 nitrogen and oxygen atoms in total. The minimum Gasteiger partial charge on any atom is -0.486 e. The van der Waals surface area contributed by atoms with E-state index in [-0.39, 0.29) is 11.9 Å². The number of para-hydroxylation sites is 2. The van der Waals surface area contributed by atoms with Crippen molar-refractivity contribution in [1.29, 1.82) is 0 Å². The van der Waals surface area contributed by atoms with Gasteiger partial charge in [0.05, 0.1) is 6.54 Å². The molecule has 1 aliphatic rings. The van der Waals surface area contributed by atoms with E-state index in [2.05, 4.69) is 0 Å². The predicted octanol–water partition coefficient (Wildman–Crippen LogP) is 2.23. The fourth-order valence-corrected chi connectivity index (χ4v) is 4.05. The molecule has 3 heterocycles. The number of ketones is 1. The van der Waals surface area contributed by atoms with Crippen molar-refractivity contribution in [3.63, 3.8) is 0 Å². The van der Waals surface area contributed by atoms with E-state index in [1.165, 1.54) is 0 Å². The lowest BCUT2D eigenvalue weighted by Crippen LogP contribution is -2.33. The number of ether oxygens (including phenoxy) is 3. The summed E-state index contributed by atoms with van der Waals surface area (Å²) in [7, 11) is -4.09. The Kier molecular flexibility index (Phi) is 6.00. The standard InChI is InChI=1S/C22H22N2O8S/c1-13-9-16(17(25)12-30-22(26)20-7-8-21(32-20)33(23,27)28)14(2)24(13)10-15-11-29-18-5-3-4-6-19(18)31-15/h3-9,15H,10-12H2,1-2H3,(H2,23,27,28). The smallest absolute Gasteiger partial charge is 0.374 e. The van der Waals surface area contributed by atoms with Gasteiger partial charge in [0, 0.05) is 17.0 Å². The summed E-state index contributed by atoms with van der Waals surface area (Å²) >= 11 is 0. The van der Waals surface area contributed by atoms with Gasteiger partial charge in [-0.05, 0) is 44.2 Å². The molecule has 3 aromatic rings. The van der Waals surface area contributed by atoms with Crippen LogP contribution in [0.15, 0.2) is 52.0 Å². The van der Waals surface area contributed by atoms with Crippen molar-refractivity contribution >= 4 is 21.8 Å². The Hall–Kier alpha value is -3.57. The number of nitrogens with zero attached hydrogens (tertiary/aromatic N) is 1. The van der Waals surface area contributed by atoms with Crippen molar-refractivity contribution in [2.75, 3.05) is 13.2 Å². The van der Waals surface area contributed by atoms with E-state index in [1.54, 1.807) is 13.0 Å². The molecule has 1 aliphatic heterocycles. The maximum Gasteiger partial charge on any atom is 0.374 e. The third-order valence-electron chi connectivity index (χ3n) is 5.23. The van der Waals surface area contributed by atoms with Crippen molar-refractivity contribution in [1.82, 2.24) is 4.57 Å². The molecule has 11 heteroatoms. The van der Waals surface area contributed by atoms with Gasteiger partial charge in [-0.1, -0.05) is 12.1 Å². The van der Waals surface area contributed by atoms with Gasteiger partial charge in [-0.15, -0.1) is 0 Å². The lowest BCUT2D eigenvalue weighted by Gasteiger charge is -2.27. The van der Waals surface area contributed by atoms with E-state index in [9.17, 15) is 18.0 Å². The summed E-state index contributed by atoms with van der Waals surface area (Å²) in [6.45, 7) is 3.97. The molecular formula is C22H22N2O8S. The minimum absolute atomic E-state index is 0.238. The fourth-order valence-electron chi connectivity index (χ4n) is 3.58. The molecule has 1 atom stereocenters. The molecule has 4 rings (SSSR count). The van der Waals surface area contributed by atoms with Crippen molar-refractivity contribution < 1.29 is 36.6 Å². The van der Waals surface area contributed by atoms with Crippen LogP contribution in [0, 0.1) is 13.8 Å². The number of esters is 1. The normalized spacial score (nSPS) is 15.3. The number of aryl methyl sites for hydroxylation is 1. The van der Waals surface area contributed by atoms with Crippen LogP contribution >= 0.6 is 0 Å². The highest BCUT2D eigenvalue weighted by atomic mass is 32.2. The van der Waals surface area contributed by atoms with Gasteiger partial charge in [0.2, 0.25) is 16.6 Å². The first-order valence-electron chi connectivity index (χ1n) is 10.0. The van der Waals surface area contributed by atoms with E-state index in [0.717, 1.165) is 17.8 Å². The van der Waals surface area contributed by atoms with Crippen LogP contribution < -0.4 is 14.6 Å². The molecule has 174 valence electrons. The number of nitrogens with two attached hydrogens (primary N) is 1. The monoisotopic (exact) mass is 474 g/mol. The number of fused-ring (bicyclic) bond motifs is 1. The summed E-state index contributed by atoms with van der Waals surface area (Å²) in [5.74, 6) is -0.388. The Balaban J connectivity index is 1.40. The molecule has 2 N–H and O–H groups in total. The summed E-state index contributed by atoms with van der Waals surface area (Å²) in [4.78, 5) is 24.8. The zero-order valence-corrected chi connectivity index (χ0v) is 18.8. The van der Waals surface area contributed by atoms with Gasteiger partial charge in [-0.25, -0.2) is 18.4 Å². The third kappa shape index (κ3) is 4.78. The molecule has 1 unspecified atom stereocenters. The molecule has 0 saturated heterocycles. The van der Waals surface area contributed by atoms with Crippen LogP contribution in [0.5, 0.6) is 11.5 Å². The van der Waals surface area contributed by atoms with E-state index in [4.69, 9.17) is 23.8 Å². The van der Waals surface area contributed by atoms with Crippen LogP contribution in [0.25, 0.3) is 0 Å². The van der Waals surface area contributed by atoms with Gasteiger partial charge in [0.15, 0.2) is 24.2 Å². The SMILES string of the molecule is Cc1cc(C(=O)COC(=O)c2ccc(S(N)(=O)=O)o2)c(C)n1CC1COc2ccccc2O1. The first kappa shape index (κ1) is 22.6. The lowest BCUT2D eigenvalue weighted by atomic mass is 10.1. The van der Waals surface area contributed by atoms with Crippen molar-refractivity contribution in [2.45, 2.75) is 31.6 Å². The third-order valence-corrected chi connectivity index (χ3v) is 6.01. The number of hydrogen-bond acceptors (Lipinski definition) is 8. The number of primary sulfonamides is 1. The van der Waals surface area contributed by atoms with Gasteiger partial charge in [0.1, 0.15) is 6.61 Å². The van der Waals surface area contributed by atoms with Crippen LogP contribution in [-0.2, 0) is 21.3 Å². The van der Waals surface area contributed by atoms with Crippen molar-refractivity contribution in [3.8, 4) is 11.5 Å². The molecule has 0 saturated carbocycles. The highest BCUT2D eigenvalue weighted by Gasteiger charge is 2.25. The highest BCUT2D eigenvalue weighted by Crippen LogP contribution is 2.31. The molecule has 0 spiro atoms. The van der Waals surface area contributed by atoms with Gasteiger partial charge < -0.3 is 23.2 Å². The molecule has 0 bridgehead atoms. The summed E-state index contributed by atoms with van der Waals surface area (Å²) in [6, 6.07) is 11.3. The van der Waals surface area contributed by atoms with E-state index in [0.29, 0.717) is 35.9 Å². The number of hydrogen-bond donors (Lipinski definition) is 1. The molecule has 0 radical (unpaired) electrons. The van der Waals surface area contributed by atoms with Crippen molar-refractivity contribution in [3.05, 3.63) is 65.2 Å². The van der Waals surface area contributed by atoms with Crippen LogP contribution in [-0.4, -0.2) is 44.1 Å². The number of benzene rings is 1. The molecule has 0 aliphatic carbocycles. The molecule has 33 heavy (non-hydrogen) atoms. The maximum atomic E-state index is 12.7. The highest BCUT2D eigenvalue weighted by molar-refractivity contribution is 7.89. The van der Waals surface area contributed by atoms with Crippen LogP contribution in [0.1, 0.15) is 32.3 Å². The largest absolute Gasteiger partial charge is 0.486 e. The Morgan fingerprint density at radius 2 is 1.88 bits per heavy atom. The van der Waals surface area contributed by atoms with Gasteiger partial charge in [-0.2, -0.15) is 0 Å². The average molecular weight is 474 g/mol.